The van der Waals surface area contributed by atoms with Crippen molar-refractivity contribution in [1.29, 1.82) is 5.26 Å². The van der Waals surface area contributed by atoms with E-state index in [1.54, 1.807) is 16.8 Å². The first-order valence-corrected chi connectivity index (χ1v) is 6.23. The number of hydrogen-bond donors (Lipinski definition) is 1. The fraction of sp³-hybridized carbons (Fsp3) is 0.200. The summed E-state index contributed by atoms with van der Waals surface area (Å²) in [5.74, 6) is -0.216. The summed E-state index contributed by atoms with van der Waals surface area (Å²) in [4.78, 5) is 12.2. The Balaban J connectivity index is 2.44. The average Bonchev–Trinajstić information content (AvgIpc) is 2.89. The van der Waals surface area contributed by atoms with Gasteiger partial charge in [-0.1, -0.05) is 25.1 Å². The third-order valence-corrected chi connectivity index (χ3v) is 2.79. The van der Waals surface area contributed by atoms with E-state index in [1.807, 2.05) is 37.3 Å². The lowest BCUT2D eigenvalue weighted by atomic mass is 10.2. The van der Waals surface area contributed by atoms with Crippen LogP contribution >= 0.6 is 0 Å². The zero-order chi connectivity index (χ0) is 13.7. The average molecular weight is 253 g/mol. The summed E-state index contributed by atoms with van der Waals surface area (Å²) >= 11 is 0. The van der Waals surface area contributed by atoms with Crippen LogP contribution in [-0.4, -0.2) is 17.0 Å². The Morgan fingerprint density at radius 3 is 2.68 bits per heavy atom. The molecule has 0 fully saturated rings. The Morgan fingerprint density at radius 2 is 2.05 bits per heavy atom. The SMILES string of the molecule is CCCNC(=O)c1c(C#N)ccn1-c1ccccc1. The summed E-state index contributed by atoms with van der Waals surface area (Å²) in [6.45, 7) is 2.59. The Kier molecular flexibility index (Phi) is 3.99. The highest BCUT2D eigenvalue weighted by molar-refractivity contribution is 5.95. The van der Waals surface area contributed by atoms with Gasteiger partial charge in [0.1, 0.15) is 11.8 Å². The first kappa shape index (κ1) is 12.9. The molecule has 1 amide bonds. The minimum atomic E-state index is -0.216. The van der Waals surface area contributed by atoms with Gasteiger partial charge in [0.25, 0.3) is 5.91 Å². The van der Waals surface area contributed by atoms with Crippen LogP contribution in [-0.2, 0) is 0 Å². The highest BCUT2D eigenvalue weighted by atomic mass is 16.1. The van der Waals surface area contributed by atoms with E-state index in [0.29, 0.717) is 17.8 Å². The highest BCUT2D eigenvalue weighted by Crippen LogP contribution is 2.16. The molecule has 0 spiro atoms. The summed E-state index contributed by atoms with van der Waals surface area (Å²) in [7, 11) is 0. The molecular weight excluding hydrogens is 238 g/mol. The van der Waals surface area contributed by atoms with Gasteiger partial charge in [-0.25, -0.2) is 0 Å². The maximum absolute atomic E-state index is 12.2. The Bertz CT molecular complexity index is 608. The van der Waals surface area contributed by atoms with Gasteiger partial charge in [0, 0.05) is 18.4 Å². The predicted molar refractivity (Wildman–Crippen MR) is 73.1 cm³/mol. The number of benzene rings is 1. The molecule has 1 aromatic heterocycles. The second kappa shape index (κ2) is 5.87. The zero-order valence-electron chi connectivity index (χ0n) is 10.8. The number of nitrogens with one attached hydrogen (secondary N) is 1. The number of hydrogen-bond acceptors (Lipinski definition) is 2. The van der Waals surface area contributed by atoms with Crippen molar-refractivity contribution in [2.24, 2.45) is 0 Å². The van der Waals surface area contributed by atoms with Gasteiger partial charge in [0.15, 0.2) is 0 Å². The van der Waals surface area contributed by atoms with E-state index < -0.39 is 0 Å². The van der Waals surface area contributed by atoms with E-state index in [1.165, 1.54) is 0 Å². The molecule has 0 aliphatic rings. The number of carbonyl (C=O) groups excluding carboxylic acids is 1. The summed E-state index contributed by atoms with van der Waals surface area (Å²) in [6, 6.07) is 13.2. The van der Waals surface area contributed by atoms with Crippen LogP contribution in [0.3, 0.4) is 0 Å². The molecule has 19 heavy (non-hydrogen) atoms. The normalized spacial score (nSPS) is 9.89. The molecule has 0 unspecified atom stereocenters. The minimum absolute atomic E-state index is 0.216. The van der Waals surface area contributed by atoms with Crippen molar-refractivity contribution in [2.45, 2.75) is 13.3 Å². The van der Waals surface area contributed by atoms with Crippen LogP contribution in [0.2, 0.25) is 0 Å². The van der Waals surface area contributed by atoms with Crippen LogP contribution < -0.4 is 5.32 Å². The number of nitriles is 1. The van der Waals surface area contributed by atoms with Crippen molar-refractivity contribution in [3.8, 4) is 11.8 Å². The van der Waals surface area contributed by atoms with Gasteiger partial charge in [-0.15, -0.1) is 0 Å². The maximum Gasteiger partial charge on any atom is 0.269 e. The van der Waals surface area contributed by atoms with Gasteiger partial charge in [-0.05, 0) is 24.6 Å². The molecule has 0 saturated carbocycles. The van der Waals surface area contributed by atoms with Crippen molar-refractivity contribution in [1.82, 2.24) is 9.88 Å². The van der Waals surface area contributed by atoms with Crippen LogP contribution in [0.1, 0.15) is 29.4 Å². The number of amides is 1. The number of carbonyl (C=O) groups is 1. The third-order valence-electron chi connectivity index (χ3n) is 2.79. The monoisotopic (exact) mass is 253 g/mol. The maximum atomic E-state index is 12.2. The van der Waals surface area contributed by atoms with Crippen LogP contribution in [0, 0.1) is 11.3 Å². The Morgan fingerprint density at radius 1 is 1.32 bits per heavy atom. The molecule has 1 heterocycles. The van der Waals surface area contributed by atoms with Crippen LogP contribution in [0.5, 0.6) is 0 Å². The largest absolute Gasteiger partial charge is 0.351 e. The number of rotatable bonds is 4. The standard InChI is InChI=1S/C15H15N3O/c1-2-9-17-15(19)14-12(11-16)8-10-18(14)13-6-4-3-5-7-13/h3-8,10H,2,9H2,1H3,(H,17,19). The fourth-order valence-electron chi connectivity index (χ4n) is 1.88. The number of para-hydroxylation sites is 1. The molecule has 0 atom stereocenters. The lowest BCUT2D eigenvalue weighted by molar-refractivity contribution is 0.0946. The fourth-order valence-corrected chi connectivity index (χ4v) is 1.88. The van der Waals surface area contributed by atoms with Gasteiger partial charge in [0.2, 0.25) is 0 Å². The van der Waals surface area contributed by atoms with Crippen molar-refractivity contribution >= 4 is 5.91 Å². The molecule has 2 rings (SSSR count). The highest BCUT2D eigenvalue weighted by Gasteiger charge is 2.17. The first-order valence-electron chi connectivity index (χ1n) is 6.23. The van der Waals surface area contributed by atoms with E-state index >= 15 is 0 Å². The zero-order valence-corrected chi connectivity index (χ0v) is 10.8. The van der Waals surface area contributed by atoms with Crippen LogP contribution in [0.15, 0.2) is 42.6 Å². The van der Waals surface area contributed by atoms with Gasteiger partial charge in [-0.3, -0.25) is 4.79 Å². The predicted octanol–water partition coefficient (Wildman–Crippen LogP) is 2.49. The van der Waals surface area contributed by atoms with Crippen LogP contribution in [0.4, 0.5) is 0 Å². The Hall–Kier alpha value is -2.54. The van der Waals surface area contributed by atoms with E-state index in [9.17, 15) is 4.79 Å². The molecular formula is C15H15N3O. The first-order chi connectivity index (χ1) is 9.27. The number of nitrogens with zero attached hydrogens (tertiary/aromatic N) is 2. The molecule has 4 heteroatoms. The molecule has 1 N–H and O–H groups in total. The lowest BCUT2D eigenvalue weighted by Crippen LogP contribution is -2.26. The van der Waals surface area contributed by atoms with E-state index in [2.05, 4.69) is 11.4 Å². The molecule has 0 aliphatic heterocycles. The van der Waals surface area contributed by atoms with E-state index in [4.69, 9.17) is 5.26 Å². The molecule has 0 radical (unpaired) electrons. The van der Waals surface area contributed by atoms with Crippen molar-refractivity contribution in [2.75, 3.05) is 6.54 Å². The Labute approximate surface area is 112 Å². The molecule has 2 aromatic rings. The smallest absolute Gasteiger partial charge is 0.269 e. The van der Waals surface area contributed by atoms with Gasteiger partial charge >= 0.3 is 0 Å². The molecule has 0 saturated heterocycles. The van der Waals surface area contributed by atoms with Gasteiger partial charge in [-0.2, -0.15) is 5.26 Å². The second-order valence-corrected chi connectivity index (χ2v) is 4.15. The molecule has 96 valence electrons. The van der Waals surface area contributed by atoms with Gasteiger partial charge in [0.05, 0.1) is 5.56 Å². The van der Waals surface area contributed by atoms with Crippen molar-refractivity contribution < 1.29 is 4.79 Å². The van der Waals surface area contributed by atoms with Crippen LogP contribution in [0.25, 0.3) is 5.69 Å². The van der Waals surface area contributed by atoms with Gasteiger partial charge < -0.3 is 9.88 Å². The number of aromatic nitrogens is 1. The minimum Gasteiger partial charge on any atom is -0.351 e. The third kappa shape index (κ3) is 2.66. The summed E-state index contributed by atoms with van der Waals surface area (Å²) < 4.78 is 1.74. The quantitative estimate of drug-likeness (QED) is 0.910. The topological polar surface area (TPSA) is 57.8 Å². The molecule has 4 nitrogen and oxygen atoms in total. The molecule has 0 aliphatic carbocycles. The lowest BCUT2D eigenvalue weighted by Gasteiger charge is -2.09. The van der Waals surface area contributed by atoms with Crippen molar-refractivity contribution in [3.05, 3.63) is 53.9 Å². The molecule has 0 bridgehead atoms. The second-order valence-electron chi connectivity index (χ2n) is 4.15. The van der Waals surface area contributed by atoms with E-state index in [0.717, 1.165) is 12.1 Å². The van der Waals surface area contributed by atoms with Crippen molar-refractivity contribution in [3.63, 3.8) is 0 Å². The molecule has 1 aromatic carbocycles. The van der Waals surface area contributed by atoms with E-state index in [-0.39, 0.29) is 5.91 Å². The summed E-state index contributed by atoms with van der Waals surface area (Å²) in [6.07, 6.45) is 2.61. The summed E-state index contributed by atoms with van der Waals surface area (Å²) in [5, 5.41) is 11.9. The summed E-state index contributed by atoms with van der Waals surface area (Å²) in [5.41, 5.74) is 1.64.